The highest BCUT2D eigenvalue weighted by atomic mass is 19.1. The Labute approximate surface area is 99.1 Å². The SMILES string of the molecule is CCC(C)(CO)Nc1c(F)cccc1C(=O)O. The van der Waals surface area contributed by atoms with E-state index in [1.54, 1.807) is 6.92 Å². The predicted octanol–water partition coefficient (Wildman–Crippen LogP) is 2.10. The van der Waals surface area contributed by atoms with Gasteiger partial charge in [-0.15, -0.1) is 0 Å². The lowest BCUT2D eigenvalue weighted by molar-refractivity contribution is 0.0697. The fraction of sp³-hybridized carbons (Fsp3) is 0.417. The Kier molecular flexibility index (Phi) is 4.07. The van der Waals surface area contributed by atoms with Gasteiger partial charge in [-0.1, -0.05) is 13.0 Å². The van der Waals surface area contributed by atoms with E-state index in [2.05, 4.69) is 5.32 Å². The van der Waals surface area contributed by atoms with E-state index in [0.29, 0.717) is 6.42 Å². The van der Waals surface area contributed by atoms with Crippen molar-refractivity contribution in [2.24, 2.45) is 0 Å². The van der Waals surface area contributed by atoms with Gasteiger partial charge in [0, 0.05) is 0 Å². The first kappa shape index (κ1) is 13.4. The number of aromatic carboxylic acids is 1. The monoisotopic (exact) mass is 241 g/mol. The number of carbonyl (C=O) groups is 1. The summed E-state index contributed by atoms with van der Waals surface area (Å²) in [6.45, 7) is 3.31. The zero-order valence-corrected chi connectivity index (χ0v) is 9.83. The van der Waals surface area contributed by atoms with E-state index in [-0.39, 0.29) is 17.9 Å². The van der Waals surface area contributed by atoms with Crippen LogP contribution in [0.1, 0.15) is 30.6 Å². The molecule has 1 unspecified atom stereocenters. The van der Waals surface area contributed by atoms with Crippen LogP contribution in [0, 0.1) is 5.82 Å². The molecular weight excluding hydrogens is 225 g/mol. The highest BCUT2D eigenvalue weighted by molar-refractivity contribution is 5.94. The van der Waals surface area contributed by atoms with Gasteiger partial charge in [-0.2, -0.15) is 0 Å². The molecule has 17 heavy (non-hydrogen) atoms. The average molecular weight is 241 g/mol. The van der Waals surface area contributed by atoms with Crippen LogP contribution in [0.5, 0.6) is 0 Å². The number of benzene rings is 1. The molecule has 1 aromatic carbocycles. The Hall–Kier alpha value is -1.62. The van der Waals surface area contributed by atoms with Gasteiger partial charge in [0.15, 0.2) is 0 Å². The Balaban J connectivity index is 3.17. The summed E-state index contributed by atoms with van der Waals surface area (Å²) < 4.78 is 13.6. The summed E-state index contributed by atoms with van der Waals surface area (Å²) in [4.78, 5) is 11.0. The third kappa shape index (κ3) is 2.94. The summed E-state index contributed by atoms with van der Waals surface area (Å²) in [6.07, 6.45) is 0.539. The topological polar surface area (TPSA) is 69.6 Å². The molecule has 3 N–H and O–H groups in total. The second-order valence-electron chi connectivity index (χ2n) is 4.16. The molecule has 94 valence electrons. The number of aliphatic hydroxyl groups excluding tert-OH is 1. The molecule has 1 aromatic rings. The minimum atomic E-state index is -1.21. The predicted molar refractivity (Wildman–Crippen MR) is 62.8 cm³/mol. The molecule has 0 aromatic heterocycles. The summed E-state index contributed by atoms with van der Waals surface area (Å²) in [5.41, 5.74) is -0.969. The Morgan fingerprint density at radius 1 is 1.53 bits per heavy atom. The lowest BCUT2D eigenvalue weighted by Crippen LogP contribution is -2.38. The van der Waals surface area contributed by atoms with Crippen molar-refractivity contribution in [2.75, 3.05) is 11.9 Å². The molecule has 1 atom stereocenters. The lowest BCUT2D eigenvalue weighted by Gasteiger charge is -2.29. The minimum absolute atomic E-state index is 0.0848. The zero-order valence-electron chi connectivity index (χ0n) is 9.83. The number of anilines is 1. The normalized spacial score (nSPS) is 14.1. The molecule has 0 aliphatic carbocycles. The standard InChI is InChI=1S/C12H16FNO3/c1-3-12(2,7-15)14-10-8(11(16)17)5-4-6-9(10)13/h4-6,14-15H,3,7H2,1-2H3,(H,16,17). The second kappa shape index (κ2) is 5.14. The molecule has 4 nitrogen and oxygen atoms in total. The van der Waals surface area contributed by atoms with Crippen LogP contribution < -0.4 is 5.32 Å². The van der Waals surface area contributed by atoms with Crippen molar-refractivity contribution in [2.45, 2.75) is 25.8 Å². The van der Waals surface area contributed by atoms with Crippen LogP contribution in [-0.4, -0.2) is 28.3 Å². The summed E-state index contributed by atoms with van der Waals surface area (Å²) in [5.74, 6) is -1.85. The first-order chi connectivity index (χ1) is 7.93. The van der Waals surface area contributed by atoms with Crippen molar-refractivity contribution in [3.63, 3.8) is 0 Å². The third-order valence-corrected chi connectivity index (χ3v) is 2.80. The molecule has 0 aliphatic heterocycles. The van der Waals surface area contributed by atoms with Crippen LogP contribution in [0.25, 0.3) is 0 Å². The zero-order chi connectivity index (χ0) is 13.1. The van der Waals surface area contributed by atoms with Crippen LogP contribution in [0.3, 0.4) is 0 Å². The molecule has 0 bridgehead atoms. The molecule has 5 heteroatoms. The van der Waals surface area contributed by atoms with E-state index >= 15 is 0 Å². The van der Waals surface area contributed by atoms with Gasteiger partial charge < -0.3 is 15.5 Å². The number of rotatable bonds is 5. The number of aliphatic hydroxyl groups is 1. The van der Waals surface area contributed by atoms with Gasteiger partial charge in [-0.3, -0.25) is 0 Å². The van der Waals surface area contributed by atoms with Gasteiger partial charge in [-0.05, 0) is 25.5 Å². The van der Waals surface area contributed by atoms with Crippen LogP contribution in [0.4, 0.5) is 10.1 Å². The van der Waals surface area contributed by atoms with Crippen LogP contribution >= 0.6 is 0 Å². The number of carboxylic acids is 1. The molecular formula is C12H16FNO3. The molecule has 0 aliphatic rings. The summed E-state index contributed by atoms with van der Waals surface area (Å²) in [6, 6.07) is 3.84. The quantitative estimate of drug-likeness (QED) is 0.738. The van der Waals surface area contributed by atoms with Crippen molar-refractivity contribution in [1.29, 1.82) is 0 Å². The van der Waals surface area contributed by atoms with Crippen molar-refractivity contribution >= 4 is 11.7 Å². The van der Waals surface area contributed by atoms with Crippen LogP contribution in [0.15, 0.2) is 18.2 Å². The maximum absolute atomic E-state index is 13.6. The molecule has 0 fully saturated rings. The largest absolute Gasteiger partial charge is 0.478 e. The fourth-order valence-electron chi connectivity index (χ4n) is 1.37. The molecule has 0 radical (unpaired) electrons. The number of hydrogen-bond acceptors (Lipinski definition) is 3. The van der Waals surface area contributed by atoms with Gasteiger partial charge in [0.1, 0.15) is 5.82 Å². The van der Waals surface area contributed by atoms with E-state index < -0.39 is 17.3 Å². The van der Waals surface area contributed by atoms with Crippen molar-refractivity contribution in [1.82, 2.24) is 0 Å². The molecule has 0 spiro atoms. The Morgan fingerprint density at radius 3 is 2.65 bits per heavy atom. The van der Waals surface area contributed by atoms with E-state index in [1.165, 1.54) is 18.2 Å². The van der Waals surface area contributed by atoms with E-state index in [1.807, 2.05) is 6.92 Å². The highest BCUT2D eigenvalue weighted by Gasteiger charge is 2.25. The average Bonchev–Trinajstić information content (AvgIpc) is 2.31. The number of nitrogens with one attached hydrogen (secondary N) is 1. The number of para-hydroxylation sites is 1. The first-order valence-corrected chi connectivity index (χ1v) is 5.34. The van der Waals surface area contributed by atoms with Gasteiger partial charge in [-0.25, -0.2) is 9.18 Å². The molecule has 0 amide bonds. The number of hydrogen-bond donors (Lipinski definition) is 3. The van der Waals surface area contributed by atoms with E-state index in [0.717, 1.165) is 0 Å². The van der Waals surface area contributed by atoms with Crippen molar-refractivity contribution < 1.29 is 19.4 Å². The van der Waals surface area contributed by atoms with Gasteiger partial charge in [0.05, 0.1) is 23.4 Å². The van der Waals surface area contributed by atoms with Gasteiger partial charge in [0.2, 0.25) is 0 Å². The minimum Gasteiger partial charge on any atom is -0.478 e. The Morgan fingerprint density at radius 2 is 2.18 bits per heavy atom. The summed E-state index contributed by atoms with van der Waals surface area (Å²) >= 11 is 0. The Bertz CT molecular complexity index is 416. The smallest absolute Gasteiger partial charge is 0.337 e. The van der Waals surface area contributed by atoms with Gasteiger partial charge >= 0.3 is 5.97 Å². The van der Waals surface area contributed by atoms with Gasteiger partial charge in [0.25, 0.3) is 0 Å². The maximum Gasteiger partial charge on any atom is 0.337 e. The molecule has 0 saturated heterocycles. The maximum atomic E-state index is 13.6. The molecule has 0 heterocycles. The summed E-state index contributed by atoms with van der Waals surface area (Å²) in [7, 11) is 0. The number of halogens is 1. The molecule has 0 saturated carbocycles. The lowest BCUT2D eigenvalue weighted by atomic mass is 9.98. The highest BCUT2D eigenvalue weighted by Crippen LogP contribution is 2.25. The third-order valence-electron chi connectivity index (χ3n) is 2.80. The number of carboxylic acid groups (broad SMARTS) is 1. The van der Waals surface area contributed by atoms with E-state index in [4.69, 9.17) is 5.11 Å². The fourth-order valence-corrected chi connectivity index (χ4v) is 1.37. The molecule has 1 rings (SSSR count). The van der Waals surface area contributed by atoms with Crippen molar-refractivity contribution in [3.05, 3.63) is 29.6 Å². The summed E-state index contributed by atoms with van der Waals surface area (Å²) in [5, 5.41) is 21.0. The first-order valence-electron chi connectivity index (χ1n) is 5.34. The van der Waals surface area contributed by atoms with Crippen LogP contribution in [0.2, 0.25) is 0 Å². The van der Waals surface area contributed by atoms with E-state index in [9.17, 15) is 14.3 Å². The van der Waals surface area contributed by atoms with Crippen LogP contribution in [-0.2, 0) is 0 Å². The van der Waals surface area contributed by atoms with Crippen molar-refractivity contribution in [3.8, 4) is 0 Å². The second-order valence-corrected chi connectivity index (χ2v) is 4.16.